The van der Waals surface area contributed by atoms with E-state index in [9.17, 15) is 0 Å². The second-order valence-corrected chi connectivity index (χ2v) is 2.19. The Morgan fingerprint density at radius 1 is 1.56 bits per heavy atom. The van der Waals surface area contributed by atoms with Crippen molar-refractivity contribution >= 4 is 28.3 Å². The van der Waals surface area contributed by atoms with Gasteiger partial charge in [0.1, 0.15) is 5.76 Å². The Morgan fingerprint density at radius 2 is 2.22 bits per heavy atom. The van der Waals surface area contributed by atoms with Crippen molar-refractivity contribution in [1.82, 2.24) is 0 Å². The van der Waals surface area contributed by atoms with Crippen LogP contribution in [0.3, 0.4) is 0 Å². The van der Waals surface area contributed by atoms with Gasteiger partial charge >= 0.3 is 0 Å². The molecule has 0 aliphatic carbocycles. The Hall–Kier alpha value is 0.01000. The third-order valence-corrected chi connectivity index (χ3v) is 1.26. The molecule has 1 aromatic rings. The summed E-state index contributed by atoms with van der Waals surface area (Å²) in [6.45, 7) is 0.464. The minimum absolute atomic E-state index is 0. The van der Waals surface area contributed by atoms with Crippen molar-refractivity contribution < 1.29 is 4.42 Å². The van der Waals surface area contributed by atoms with Gasteiger partial charge in [-0.05, 0) is 28.1 Å². The maximum atomic E-state index is 5.25. The Balaban J connectivity index is 0.000000640. The molecule has 0 aliphatic heterocycles. The zero-order chi connectivity index (χ0) is 5.98. The molecule has 0 spiro atoms. The molecule has 0 radical (unpaired) electrons. The fourth-order valence-corrected chi connectivity index (χ4v) is 0.802. The van der Waals surface area contributed by atoms with E-state index in [0.29, 0.717) is 6.54 Å². The fourth-order valence-electron chi connectivity index (χ4n) is 0.461. The normalized spacial score (nSPS) is 8.67. The van der Waals surface area contributed by atoms with Gasteiger partial charge in [-0.2, -0.15) is 0 Å². The number of hydrogen-bond acceptors (Lipinski definition) is 2. The molecular formula is C5H7BrClNO. The van der Waals surface area contributed by atoms with Gasteiger partial charge in [-0.15, -0.1) is 12.4 Å². The van der Waals surface area contributed by atoms with E-state index in [2.05, 4.69) is 15.9 Å². The van der Waals surface area contributed by atoms with E-state index in [1.165, 1.54) is 0 Å². The first-order chi connectivity index (χ1) is 3.83. The molecule has 0 saturated carbocycles. The lowest BCUT2D eigenvalue weighted by Crippen LogP contribution is -1.92. The lowest BCUT2D eigenvalue weighted by atomic mass is 10.5. The molecule has 0 unspecified atom stereocenters. The standard InChI is InChI=1S/C5H6BrNO.ClH/c6-5-2-1-4(3-7)8-5;/h1-2H,3,7H2;1H. The first-order valence-corrected chi connectivity index (χ1v) is 3.06. The number of furan rings is 1. The largest absolute Gasteiger partial charge is 0.453 e. The molecule has 4 heteroatoms. The maximum absolute atomic E-state index is 5.25. The van der Waals surface area contributed by atoms with Crippen molar-refractivity contribution in [3.8, 4) is 0 Å². The molecule has 0 bridgehead atoms. The summed E-state index contributed by atoms with van der Waals surface area (Å²) in [5, 5.41) is 0. The molecule has 1 rings (SSSR count). The molecule has 1 aromatic heterocycles. The Kier molecular flexibility index (Phi) is 3.93. The maximum Gasteiger partial charge on any atom is 0.169 e. The van der Waals surface area contributed by atoms with Crippen LogP contribution in [0.4, 0.5) is 0 Å². The van der Waals surface area contributed by atoms with E-state index in [1.54, 1.807) is 0 Å². The van der Waals surface area contributed by atoms with Gasteiger partial charge in [0.25, 0.3) is 0 Å². The quantitative estimate of drug-likeness (QED) is 0.772. The van der Waals surface area contributed by atoms with E-state index >= 15 is 0 Å². The molecule has 2 nitrogen and oxygen atoms in total. The highest BCUT2D eigenvalue weighted by Gasteiger charge is 1.92. The Morgan fingerprint density at radius 3 is 2.44 bits per heavy atom. The summed E-state index contributed by atoms with van der Waals surface area (Å²) in [5.74, 6) is 0.803. The van der Waals surface area contributed by atoms with E-state index in [-0.39, 0.29) is 12.4 Å². The molecule has 0 saturated heterocycles. The minimum atomic E-state index is 0. The smallest absolute Gasteiger partial charge is 0.169 e. The van der Waals surface area contributed by atoms with Crippen LogP contribution in [0.2, 0.25) is 0 Å². The molecule has 1 heterocycles. The monoisotopic (exact) mass is 211 g/mol. The highest BCUT2D eigenvalue weighted by molar-refractivity contribution is 9.10. The molecule has 2 N–H and O–H groups in total. The Labute approximate surface area is 68.0 Å². The predicted octanol–water partition coefficient (Wildman–Crippen LogP) is 1.92. The van der Waals surface area contributed by atoms with Crippen LogP contribution in [0.1, 0.15) is 5.76 Å². The van der Waals surface area contributed by atoms with Crippen molar-refractivity contribution in [1.29, 1.82) is 0 Å². The van der Waals surface area contributed by atoms with Crippen LogP contribution in [-0.4, -0.2) is 0 Å². The van der Waals surface area contributed by atoms with Gasteiger partial charge in [-0.3, -0.25) is 0 Å². The molecule has 9 heavy (non-hydrogen) atoms. The van der Waals surface area contributed by atoms with Crippen LogP contribution >= 0.6 is 28.3 Å². The first kappa shape index (κ1) is 9.01. The van der Waals surface area contributed by atoms with Crippen molar-refractivity contribution in [3.05, 3.63) is 22.6 Å². The molecule has 0 aliphatic rings. The summed E-state index contributed by atoms with van der Waals surface area (Å²) in [6.07, 6.45) is 0. The van der Waals surface area contributed by atoms with Crippen molar-refractivity contribution in [2.75, 3.05) is 0 Å². The van der Waals surface area contributed by atoms with Crippen LogP contribution in [0.5, 0.6) is 0 Å². The average molecular weight is 212 g/mol. The van der Waals surface area contributed by atoms with Crippen LogP contribution in [0.15, 0.2) is 21.2 Å². The summed E-state index contributed by atoms with van der Waals surface area (Å²) in [7, 11) is 0. The SMILES string of the molecule is Cl.NCc1ccc(Br)o1. The van der Waals surface area contributed by atoms with Gasteiger partial charge in [0, 0.05) is 0 Å². The highest BCUT2D eigenvalue weighted by Crippen LogP contribution is 2.12. The van der Waals surface area contributed by atoms with Gasteiger partial charge in [0.15, 0.2) is 4.67 Å². The lowest BCUT2D eigenvalue weighted by Gasteiger charge is -1.82. The molecule has 0 atom stereocenters. The zero-order valence-electron chi connectivity index (χ0n) is 4.63. The van der Waals surface area contributed by atoms with E-state index < -0.39 is 0 Å². The van der Waals surface area contributed by atoms with Crippen molar-refractivity contribution in [2.45, 2.75) is 6.54 Å². The summed E-state index contributed by atoms with van der Waals surface area (Å²) in [5.41, 5.74) is 5.25. The third-order valence-electron chi connectivity index (χ3n) is 0.830. The summed E-state index contributed by atoms with van der Waals surface area (Å²) >= 11 is 3.15. The van der Waals surface area contributed by atoms with Crippen molar-refractivity contribution in [3.63, 3.8) is 0 Å². The van der Waals surface area contributed by atoms with Gasteiger partial charge in [0.2, 0.25) is 0 Å². The average Bonchev–Trinajstić information content (AvgIpc) is 2.14. The fraction of sp³-hybridized carbons (Fsp3) is 0.200. The summed E-state index contributed by atoms with van der Waals surface area (Å²) in [6, 6.07) is 3.66. The van der Waals surface area contributed by atoms with Gasteiger partial charge in [0.05, 0.1) is 6.54 Å². The number of hydrogen-bond donors (Lipinski definition) is 1. The second-order valence-electron chi connectivity index (χ2n) is 1.41. The van der Waals surface area contributed by atoms with Crippen LogP contribution in [0.25, 0.3) is 0 Å². The van der Waals surface area contributed by atoms with Gasteiger partial charge in [-0.1, -0.05) is 0 Å². The molecule has 0 fully saturated rings. The number of nitrogens with two attached hydrogens (primary N) is 1. The van der Waals surface area contributed by atoms with Gasteiger partial charge < -0.3 is 10.2 Å². The topological polar surface area (TPSA) is 39.2 Å². The number of rotatable bonds is 1. The molecule has 0 amide bonds. The first-order valence-electron chi connectivity index (χ1n) is 2.27. The second kappa shape index (κ2) is 3.93. The highest BCUT2D eigenvalue weighted by atomic mass is 79.9. The van der Waals surface area contributed by atoms with Crippen LogP contribution in [0, 0.1) is 0 Å². The zero-order valence-corrected chi connectivity index (χ0v) is 7.04. The van der Waals surface area contributed by atoms with E-state index in [4.69, 9.17) is 10.2 Å². The van der Waals surface area contributed by atoms with Crippen molar-refractivity contribution in [2.24, 2.45) is 5.73 Å². The number of halogens is 2. The minimum Gasteiger partial charge on any atom is -0.453 e. The molecule has 0 aromatic carbocycles. The van der Waals surface area contributed by atoms with Crippen LogP contribution < -0.4 is 5.73 Å². The predicted molar refractivity (Wildman–Crippen MR) is 41.5 cm³/mol. The Bertz CT molecular complexity index is 177. The summed E-state index contributed by atoms with van der Waals surface area (Å²) in [4.78, 5) is 0. The summed E-state index contributed by atoms with van der Waals surface area (Å²) < 4.78 is 5.76. The third kappa shape index (κ3) is 2.39. The lowest BCUT2D eigenvalue weighted by molar-refractivity contribution is 0.490. The van der Waals surface area contributed by atoms with Crippen LogP contribution in [-0.2, 0) is 6.54 Å². The van der Waals surface area contributed by atoms with E-state index in [1.807, 2.05) is 12.1 Å². The molecular weight excluding hydrogens is 205 g/mol. The van der Waals surface area contributed by atoms with Gasteiger partial charge in [-0.25, -0.2) is 0 Å². The molecule has 52 valence electrons. The van der Waals surface area contributed by atoms with E-state index in [0.717, 1.165) is 10.4 Å².